The molecule has 1 fully saturated rings. The zero-order valence-electron chi connectivity index (χ0n) is 12.7. The number of amides is 1. The number of carbonyl (C=O) groups excluding carboxylic acids is 1. The van der Waals surface area contributed by atoms with E-state index in [0.29, 0.717) is 17.3 Å². The van der Waals surface area contributed by atoms with E-state index >= 15 is 0 Å². The first-order valence-electron chi connectivity index (χ1n) is 7.90. The Morgan fingerprint density at radius 1 is 1.32 bits per heavy atom. The lowest BCUT2D eigenvalue weighted by molar-refractivity contribution is -0.121. The predicted molar refractivity (Wildman–Crippen MR) is 86.9 cm³/mol. The third-order valence-electron chi connectivity index (χ3n) is 4.04. The minimum atomic E-state index is -0.221. The maximum absolute atomic E-state index is 12.2. The second kappa shape index (κ2) is 9.06. The smallest absolute Gasteiger partial charge is 0.228 e. The van der Waals surface area contributed by atoms with Crippen LogP contribution in [0.1, 0.15) is 32.1 Å². The number of hydrogen-bond acceptors (Lipinski definition) is 3. The number of nitrogens with one attached hydrogen (secondary N) is 1. The van der Waals surface area contributed by atoms with Crippen LogP contribution < -0.4 is 5.32 Å². The molecule has 0 unspecified atom stereocenters. The topological polar surface area (TPSA) is 45.2 Å². The summed E-state index contributed by atoms with van der Waals surface area (Å²) < 4.78 is 12.0. The van der Waals surface area contributed by atoms with Gasteiger partial charge in [-0.3, -0.25) is 9.18 Å². The molecule has 122 valence electrons. The molecule has 1 saturated heterocycles. The van der Waals surface area contributed by atoms with Crippen LogP contribution in [-0.4, -0.2) is 42.1 Å². The Labute approximate surface area is 136 Å². The fourth-order valence-electron chi connectivity index (χ4n) is 2.70. The van der Waals surface area contributed by atoms with E-state index in [4.69, 9.17) is 11.6 Å². The van der Waals surface area contributed by atoms with Crippen molar-refractivity contribution in [3.63, 3.8) is 0 Å². The summed E-state index contributed by atoms with van der Waals surface area (Å²) in [7, 11) is 0. The Bertz CT molecular complexity index is 461. The lowest BCUT2D eigenvalue weighted by atomic mass is 9.95. The van der Waals surface area contributed by atoms with E-state index < -0.39 is 0 Å². The Morgan fingerprint density at radius 3 is 2.73 bits per heavy atom. The van der Waals surface area contributed by atoms with Crippen molar-refractivity contribution in [2.45, 2.75) is 32.1 Å². The number of piperidine rings is 1. The summed E-state index contributed by atoms with van der Waals surface area (Å²) >= 11 is 5.77. The summed E-state index contributed by atoms with van der Waals surface area (Å²) in [6, 6.07) is 3.42. The largest absolute Gasteiger partial charge is 0.310 e. The molecule has 1 aromatic rings. The van der Waals surface area contributed by atoms with Gasteiger partial charge in [0.25, 0.3) is 0 Å². The molecule has 2 rings (SSSR count). The van der Waals surface area contributed by atoms with Gasteiger partial charge >= 0.3 is 0 Å². The zero-order valence-corrected chi connectivity index (χ0v) is 13.5. The quantitative estimate of drug-likeness (QED) is 0.779. The molecule has 0 aromatic carbocycles. The average Bonchev–Trinajstić information content (AvgIpc) is 2.54. The summed E-state index contributed by atoms with van der Waals surface area (Å²) in [5, 5.41) is 3.40. The molecule has 1 aliphatic rings. The molecule has 2 heterocycles. The maximum atomic E-state index is 12.2. The van der Waals surface area contributed by atoms with E-state index in [-0.39, 0.29) is 18.5 Å². The van der Waals surface area contributed by atoms with Crippen LogP contribution in [0.2, 0.25) is 5.02 Å². The summed E-state index contributed by atoms with van der Waals surface area (Å²) in [4.78, 5) is 18.7. The van der Waals surface area contributed by atoms with Gasteiger partial charge in [0.1, 0.15) is 5.82 Å². The van der Waals surface area contributed by atoms with Crippen LogP contribution in [0.25, 0.3) is 0 Å². The Morgan fingerprint density at radius 2 is 2.09 bits per heavy atom. The van der Waals surface area contributed by atoms with E-state index in [0.717, 1.165) is 45.3 Å². The first kappa shape index (κ1) is 17.2. The summed E-state index contributed by atoms with van der Waals surface area (Å²) in [6.45, 7) is 2.65. The van der Waals surface area contributed by atoms with Crippen LogP contribution in [0.15, 0.2) is 18.3 Å². The fraction of sp³-hybridized carbons (Fsp3) is 0.625. The molecular weight excluding hydrogens is 305 g/mol. The van der Waals surface area contributed by atoms with Gasteiger partial charge < -0.3 is 10.2 Å². The number of hydrogen-bond donors (Lipinski definition) is 1. The average molecular weight is 328 g/mol. The van der Waals surface area contributed by atoms with Crippen LogP contribution in [0.3, 0.4) is 0 Å². The molecule has 0 aliphatic carbocycles. The van der Waals surface area contributed by atoms with E-state index in [9.17, 15) is 9.18 Å². The van der Waals surface area contributed by atoms with E-state index in [1.54, 1.807) is 12.1 Å². The van der Waals surface area contributed by atoms with Gasteiger partial charge in [-0.05, 0) is 63.9 Å². The molecule has 0 saturated carbocycles. The third kappa shape index (κ3) is 5.54. The summed E-state index contributed by atoms with van der Waals surface area (Å²) in [6.07, 6.45) is 5.89. The molecule has 22 heavy (non-hydrogen) atoms. The normalized spacial score (nSPS) is 16.6. The first-order valence-corrected chi connectivity index (χ1v) is 8.27. The molecule has 1 amide bonds. The van der Waals surface area contributed by atoms with Crippen LogP contribution in [0.5, 0.6) is 0 Å². The second-order valence-electron chi connectivity index (χ2n) is 5.72. The van der Waals surface area contributed by atoms with E-state index in [2.05, 4.69) is 15.2 Å². The van der Waals surface area contributed by atoms with Crippen LogP contribution in [0, 0.1) is 5.92 Å². The van der Waals surface area contributed by atoms with Crippen molar-refractivity contribution in [1.29, 1.82) is 0 Å². The van der Waals surface area contributed by atoms with Crippen LogP contribution in [-0.2, 0) is 4.79 Å². The van der Waals surface area contributed by atoms with Gasteiger partial charge in [-0.1, -0.05) is 11.6 Å². The molecule has 4 nitrogen and oxygen atoms in total. The zero-order chi connectivity index (χ0) is 15.8. The van der Waals surface area contributed by atoms with Crippen molar-refractivity contribution >= 4 is 23.3 Å². The van der Waals surface area contributed by atoms with Gasteiger partial charge in [0.2, 0.25) is 5.91 Å². The maximum Gasteiger partial charge on any atom is 0.228 e. The van der Waals surface area contributed by atoms with Gasteiger partial charge in [0.05, 0.1) is 11.7 Å². The lowest BCUT2D eigenvalue weighted by Gasteiger charge is -2.31. The number of halogens is 2. The van der Waals surface area contributed by atoms with Crippen molar-refractivity contribution in [2.75, 3.05) is 31.6 Å². The highest BCUT2D eigenvalue weighted by Gasteiger charge is 2.24. The minimum Gasteiger partial charge on any atom is -0.310 e. The monoisotopic (exact) mass is 327 g/mol. The van der Waals surface area contributed by atoms with Gasteiger partial charge in [0.15, 0.2) is 0 Å². The molecule has 0 bridgehead atoms. The summed E-state index contributed by atoms with van der Waals surface area (Å²) in [5.41, 5.74) is 0. The molecule has 1 N–H and O–H groups in total. The van der Waals surface area contributed by atoms with Crippen molar-refractivity contribution < 1.29 is 9.18 Å². The highest BCUT2D eigenvalue weighted by Crippen LogP contribution is 2.20. The van der Waals surface area contributed by atoms with Gasteiger partial charge in [-0.15, -0.1) is 0 Å². The lowest BCUT2D eigenvalue weighted by Crippen LogP contribution is -2.38. The standard InChI is InChI=1S/C16H23ClFN3O/c17-14-4-5-15(19-12-14)20-16(22)13-6-10-21(11-7-13)9-3-1-2-8-18/h4-5,12-13H,1-3,6-11H2,(H,19,20,22). The number of pyridine rings is 1. The van der Waals surface area contributed by atoms with Crippen LogP contribution >= 0.6 is 11.6 Å². The number of aromatic nitrogens is 1. The number of carbonyl (C=O) groups is 1. The molecule has 6 heteroatoms. The molecule has 0 radical (unpaired) electrons. The van der Waals surface area contributed by atoms with Crippen molar-refractivity contribution in [2.24, 2.45) is 5.92 Å². The van der Waals surface area contributed by atoms with Gasteiger partial charge in [0, 0.05) is 12.1 Å². The van der Waals surface area contributed by atoms with E-state index in [1.807, 2.05) is 0 Å². The van der Waals surface area contributed by atoms with Gasteiger partial charge in [-0.25, -0.2) is 4.98 Å². The highest BCUT2D eigenvalue weighted by molar-refractivity contribution is 6.30. The fourth-order valence-corrected chi connectivity index (χ4v) is 2.82. The summed E-state index contributed by atoms with van der Waals surface area (Å²) in [5.74, 6) is 0.620. The molecule has 1 aromatic heterocycles. The number of nitrogens with zero attached hydrogens (tertiary/aromatic N) is 2. The SMILES string of the molecule is O=C(Nc1ccc(Cl)cn1)C1CCN(CCCCCF)CC1. The molecular formula is C16H23ClFN3O. The third-order valence-corrected chi connectivity index (χ3v) is 4.27. The Balaban J connectivity index is 1.69. The number of likely N-dealkylation sites (tertiary alicyclic amines) is 1. The highest BCUT2D eigenvalue weighted by atomic mass is 35.5. The van der Waals surface area contributed by atoms with Crippen molar-refractivity contribution in [1.82, 2.24) is 9.88 Å². The second-order valence-corrected chi connectivity index (χ2v) is 6.15. The molecule has 0 atom stereocenters. The first-order chi connectivity index (χ1) is 10.7. The van der Waals surface area contributed by atoms with Crippen LogP contribution in [0.4, 0.5) is 10.2 Å². The van der Waals surface area contributed by atoms with Crippen molar-refractivity contribution in [3.05, 3.63) is 23.4 Å². The number of rotatable bonds is 7. The Hall–Kier alpha value is -1.20. The van der Waals surface area contributed by atoms with E-state index in [1.165, 1.54) is 6.20 Å². The number of unbranched alkanes of at least 4 members (excludes halogenated alkanes) is 2. The number of anilines is 1. The molecule has 1 aliphatic heterocycles. The number of alkyl halides is 1. The Kier molecular flexibility index (Phi) is 7.06. The minimum absolute atomic E-state index is 0.0342. The predicted octanol–water partition coefficient (Wildman–Crippen LogP) is 3.53. The van der Waals surface area contributed by atoms with Crippen molar-refractivity contribution in [3.8, 4) is 0 Å². The van der Waals surface area contributed by atoms with Gasteiger partial charge in [-0.2, -0.15) is 0 Å². The molecule has 0 spiro atoms.